The molecule has 4 heteroatoms. The first-order valence-corrected chi connectivity index (χ1v) is 17.1. The lowest BCUT2D eigenvalue weighted by Gasteiger charge is -2.17. The molecule has 0 bridgehead atoms. The van der Waals surface area contributed by atoms with Crippen LogP contribution in [0.25, 0.3) is 0 Å². The van der Waals surface area contributed by atoms with E-state index < -0.39 is 0 Å². The first-order chi connectivity index (χ1) is 18.7. The maximum atomic E-state index is 12.9. The summed E-state index contributed by atoms with van der Waals surface area (Å²) in [6.45, 7) is 7.46. The Hall–Kier alpha value is -0.610. The number of aliphatic hydroxyl groups is 1. The maximum Gasteiger partial charge on any atom is 0.308 e. The zero-order valence-electron chi connectivity index (χ0n) is 26.3. The Bertz CT molecular complexity index is 471. The quantitative estimate of drug-likeness (QED) is 0.0703. The molecule has 0 rings (SSSR count). The Kier molecular flexibility index (Phi) is 30.4. The van der Waals surface area contributed by atoms with Crippen LogP contribution in [0.5, 0.6) is 0 Å². The predicted octanol–water partition coefficient (Wildman–Crippen LogP) is 9.86. The van der Waals surface area contributed by atoms with Crippen LogP contribution in [0.4, 0.5) is 0 Å². The molecule has 0 aromatic carbocycles. The number of hydrogen-bond acceptors (Lipinski definition) is 4. The number of carbonyl (C=O) groups is 1. The molecule has 0 saturated heterocycles. The molecule has 1 atom stereocenters. The first-order valence-electron chi connectivity index (χ1n) is 17.1. The van der Waals surface area contributed by atoms with E-state index in [2.05, 4.69) is 25.8 Å². The van der Waals surface area contributed by atoms with Crippen molar-refractivity contribution in [1.82, 2.24) is 4.90 Å². The van der Waals surface area contributed by atoms with Gasteiger partial charge in [-0.1, -0.05) is 142 Å². The van der Waals surface area contributed by atoms with Crippen LogP contribution in [-0.4, -0.2) is 49.3 Å². The Balaban J connectivity index is 4.09. The highest BCUT2D eigenvalue weighted by Crippen LogP contribution is 2.21. The number of carbonyl (C=O) groups excluding carboxylic acids is 1. The molecule has 0 aromatic rings. The first kappa shape index (κ1) is 37.4. The highest BCUT2D eigenvalue weighted by molar-refractivity contribution is 5.72. The zero-order chi connectivity index (χ0) is 27.9. The summed E-state index contributed by atoms with van der Waals surface area (Å²) in [5, 5.41) is 8.93. The van der Waals surface area contributed by atoms with E-state index in [4.69, 9.17) is 9.84 Å². The van der Waals surface area contributed by atoms with Crippen molar-refractivity contribution in [3.63, 3.8) is 0 Å². The molecular formula is C34H69NO3. The Morgan fingerprint density at radius 1 is 0.579 bits per heavy atom. The van der Waals surface area contributed by atoms with E-state index in [1.54, 1.807) is 0 Å². The van der Waals surface area contributed by atoms with Crippen LogP contribution >= 0.6 is 0 Å². The fourth-order valence-corrected chi connectivity index (χ4v) is 5.36. The second-order valence-electron chi connectivity index (χ2n) is 11.9. The molecule has 0 saturated carbocycles. The highest BCUT2D eigenvalue weighted by atomic mass is 16.5. The summed E-state index contributed by atoms with van der Waals surface area (Å²) in [7, 11) is 2.12. The lowest BCUT2D eigenvalue weighted by atomic mass is 9.94. The van der Waals surface area contributed by atoms with Crippen molar-refractivity contribution in [2.45, 2.75) is 174 Å². The van der Waals surface area contributed by atoms with Gasteiger partial charge in [-0.3, -0.25) is 4.79 Å². The van der Waals surface area contributed by atoms with E-state index in [0.29, 0.717) is 6.61 Å². The van der Waals surface area contributed by atoms with Gasteiger partial charge in [0.15, 0.2) is 0 Å². The zero-order valence-corrected chi connectivity index (χ0v) is 26.3. The molecule has 0 radical (unpaired) electrons. The second-order valence-corrected chi connectivity index (χ2v) is 11.9. The SMILES string of the molecule is CCCCCCCCCCCCC(CCCCCCCCCC)C(=O)OCCCCCCN(C)CCCO. The average molecular weight is 540 g/mol. The summed E-state index contributed by atoms with van der Waals surface area (Å²) in [4.78, 5) is 15.2. The molecule has 4 nitrogen and oxygen atoms in total. The average Bonchev–Trinajstić information content (AvgIpc) is 2.92. The fourth-order valence-electron chi connectivity index (χ4n) is 5.36. The summed E-state index contributed by atoms with van der Waals surface area (Å²) in [6.07, 6.45) is 31.3. The van der Waals surface area contributed by atoms with Crippen LogP contribution in [0.2, 0.25) is 0 Å². The molecule has 0 aliphatic carbocycles. The number of nitrogens with zero attached hydrogens (tertiary/aromatic N) is 1. The van der Waals surface area contributed by atoms with Crippen molar-refractivity contribution in [3.8, 4) is 0 Å². The van der Waals surface area contributed by atoms with Gasteiger partial charge in [-0.05, 0) is 45.7 Å². The van der Waals surface area contributed by atoms with Crippen LogP contribution in [0.3, 0.4) is 0 Å². The van der Waals surface area contributed by atoms with E-state index in [0.717, 1.165) is 45.2 Å². The van der Waals surface area contributed by atoms with Crippen LogP contribution in [0.1, 0.15) is 174 Å². The number of aliphatic hydroxyl groups excluding tert-OH is 1. The number of unbranched alkanes of at least 4 members (excludes halogenated alkanes) is 19. The van der Waals surface area contributed by atoms with Gasteiger partial charge in [0.2, 0.25) is 0 Å². The van der Waals surface area contributed by atoms with E-state index in [1.807, 2.05) is 0 Å². The van der Waals surface area contributed by atoms with Crippen LogP contribution < -0.4 is 0 Å². The molecule has 1 unspecified atom stereocenters. The molecule has 0 aliphatic rings. The number of rotatable bonds is 31. The van der Waals surface area contributed by atoms with Crippen LogP contribution in [0.15, 0.2) is 0 Å². The van der Waals surface area contributed by atoms with E-state index >= 15 is 0 Å². The van der Waals surface area contributed by atoms with Gasteiger partial charge >= 0.3 is 5.97 Å². The molecule has 0 amide bonds. The lowest BCUT2D eigenvalue weighted by molar-refractivity contribution is -0.149. The number of esters is 1. The van der Waals surface area contributed by atoms with Crippen molar-refractivity contribution in [2.24, 2.45) is 5.92 Å². The molecule has 228 valence electrons. The minimum atomic E-state index is 0.0765. The van der Waals surface area contributed by atoms with Gasteiger partial charge in [0, 0.05) is 13.2 Å². The van der Waals surface area contributed by atoms with Gasteiger partial charge in [0.25, 0.3) is 0 Å². The van der Waals surface area contributed by atoms with E-state index in [1.165, 1.54) is 128 Å². The smallest absolute Gasteiger partial charge is 0.308 e. The van der Waals surface area contributed by atoms with Crippen LogP contribution in [-0.2, 0) is 9.53 Å². The van der Waals surface area contributed by atoms with E-state index in [9.17, 15) is 4.79 Å². The third-order valence-corrected chi connectivity index (χ3v) is 8.02. The normalized spacial score (nSPS) is 12.3. The Morgan fingerprint density at radius 3 is 1.45 bits per heavy atom. The molecule has 0 fully saturated rings. The molecule has 0 heterocycles. The predicted molar refractivity (Wildman–Crippen MR) is 166 cm³/mol. The summed E-state index contributed by atoms with van der Waals surface area (Å²) in [6, 6.07) is 0. The molecule has 0 spiro atoms. The van der Waals surface area contributed by atoms with Crippen molar-refractivity contribution in [3.05, 3.63) is 0 Å². The second kappa shape index (κ2) is 30.9. The molecular weight excluding hydrogens is 470 g/mol. The van der Waals surface area contributed by atoms with Crippen molar-refractivity contribution >= 4 is 5.97 Å². The van der Waals surface area contributed by atoms with Crippen LogP contribution in [0, 0.1) is 5.92 Å². The Morgan fingerprint density at radius 2 is 0.974 bits per heavy atom. The summed E-state index contributed by atoms with van der Waals surface area (Å²) >= 11 is 0. The number of ether oxygens (including phenoxy) is 1. The van der Waals surface area contributed by atoms with Gasteiger partial charge in [-0.15, -0.1) is 0 Å². The molecule has 0 aromatic heterocycles. The summed E-state index contributed by atoms with van der Waals surface area (Å²) in [5.41, 5.74) is 0. The molecule has 1 N–H and O–H groups in total. The van der Waals surface area contributed by atoms with Crippen molar-refractivity contribution < 1.29 is 14.6 Å². The third-order valence-electron chi connectivity index (χ3n) is 8.02. The third kappa shape index (κ3) is 27.0. The fraction of sp³-hybridized carbons (Fsp3) is 0.971. The topological polar surface area (TPSA) is 49.8 Å². The largest absolute Gasteiger partial charge is 0.465 e. The van der Waals surface area contributed by atoms with Gasteiger partial charge in [0.1, 0.15) is 0 Å². The van der Waals surface area contributed by atoms with Gasteiger partial charge in [-0.2, -0.15) is 0 Å². The van der Waals surface area contributed by atoms with Gasteiger partial charge in [0.05, 0.1) is 12.5 Å². The molecule has 0 aliphatic heterocycles. The minimum Gasteiger partial charge on any atom is -0.465 e. The Labute approximate surface area is 239 Å². The maximum absolute atomic E-state index is 12.9. The summed E-state index contributed by atoms with van der Waals surface area (Å²) in [5.74, 6) is 0.192. The van der Waals surface area contributed by atoms with E-state index in [-0.39, 0.29) is 18.5 Å². The monoisotopic (exact) mass is 540 g/mol. The highest BCUT2D eigenvalue weighted by Gasteiger charge is 2.19. The molecule has 38 heavy (non-hydrogen) atoms. The standard InChI is InChI=1S/C34H69NO3/c1-4-6-8-10-12-14-15-17-19-23-28-33(27-22-18-16-13-11-9-7-5-2)34(37)38-32-25-21-20-24-29-35(3)30-26-31-36/h33,36H,4-32H2,1-3H3. The van der Waals surface area contributed by atoms with Crippen molar-refractivity contribution in [2.75, 3.05) is 33.4 Å². The summed E-state index contributed by atoms with van der Waals surface area (Å²) < 4.78 is 5.77. The minimum absolute atomic E-state index is 0.0765. The van der Waals surface area contributed by atoms with Gasteiger partial charge in [-0.25, -0.2) is 0 Å². The van der Waals surface area contributed by atoms with Crippen molar-refractivity contribution in [1.29, 1.82) is 0 Å². The van der Waals surface area contributed by atoms with Gasteiger partial charge < -0.3 is 14.7 Å². The number of hydrogen-bond donors (Lipinski definition) is 1. The lowest BCUT2D eigenvalue weighted by Crippen LogP contribution is -2.21.